The van der Waals surface area contributed by atoms with E-state index in [-0.39, 0.29) is 23.3 Å². The number of nitrogens with one attached hydrogen (secondary N) is 2. The number of aromatic amines is 1. The van der Waals surface area contributed by atoms with Crippen molar-refractivity contribution in [2.45, 2.75) is 70.8 Å². The number of carbonyl (C=O) groups is 2. The highest BCUT2D eigenvalue weighted by Crippen LogP contribution is 2.59. The number of ketones is 1. The van der Waals surface area contributed by atoms with Crippen molar-refractivity contribution in [3.8, 4) is 28.6 Å². The number of piperidine rings is 1. The predicted molar refractivity (Wildman–Crippen MR) is 168 cm³/mol. The number of fused-ring (bicyclic) bond motifs is 1. The van der Waals surface area contributed by atoms with Gasteiger partial charge in [0.05, 0.1) is 42.3 Å². The van der Waals surface area contributed by atoms with Crippen molar-refractivity contribution in [3.05, 3.63) is 48.7 Å². The Kier molecular flexibility index (Phi) is 8.79. The number of aromatic nitrogens is 4. The van der Waals surface area contributed by atoms with Crippen LogP contribution < -0.4 is 10.1 Å². The monoisotopic (exact) mass is 598 g/mol. The number of methoxy groups -OCH3 is 1. The molecule has 0 radical (unpaired) electrons. The minimum atomic E-state index is -0.246. The molecule has 10 heteroatoms. The van der Waals surface area contributed by atoms with E-state index in [0.29, 0.717) is 30.4 Å². The molecule has 4 heterocycles. The van der Waals surface area contributed by atoms with E-state index in [4.69, 9.17) is 19.1 Å². The van der Waals surface area contributed by atoms with Crippen molar-refractivity contribution in [1.29, 1.82) is 0 Å². The Bertz CT molecular complexity index is 1610. The van der Waals surface area contributed by atoms with Crippen molar-refractivity contribution in [1.82, 2.24) is 30.2 Å². The second kappa shape index (κ2) is 12.9. The molecule has 2 atom stereocenters. The molecule has 44 heavy (non-hydrogen) atoms. The summed E-state index contributed by atoms with van der Waals surface area (Å²) in [5.41, 5.74) is 3.32. The van der Waals surface area contributed by atoms with Gasteiger partial charge in [0, 0.05) is 29.7 Å². The van der Waals surface area contributed by atoms with Crippen molar-refractivity contribution in [2.24, 2.45) is 11.3 Å². The van der Waals surface area contributed by atoms with E-state index in [2.05, 4.69) is 27.2 Å². The zero-order valence-corrected chi connectivity index (χ0v) is 25.9. The summed E-state index contributed by atoms with van der Waals surface area (Å²) < 4.78 is 11.2. The predicted octanol–water partition coefficient (Wildman–Crippen LogP) is 6.11. The SMILES string of the molecule is CCC(=O)CCCCC[C@H](NC(=O)C1CC12CCN(C)CC2)c1ncc(-c2cc3ccc(-c4ncco4)cc3nc2OC)[nH]1. The lowest BCUT2D eigenvalue weighted by Gasteiger charge is -2.30. The standard InChI is InChI=1S/C34H42N6O4/c1-4-24(41)8-6-5-7-9-27(38-31(42)26-20-34(26)12-15-40(2)16-13-34)30-36-21-29(37-30)25-18-22-10-11-23(32-35-14-17-44-32)19-28(22)39-33(25)43-3/h10-11,14,17-19,21,26-27H,4-9,12-13,15-16,20H2,1-3H3,(H,36,37)(H,38,42)/t26?,27-/m0/s1. The van der Waals surface area contributed by atoms with Crippen molar-refractivity contribution in [2.75, 3.05) is 27.2 Å². The van der Waals surface area contributed by atoms with Gasteiger partial charge in [0.2, 0.25) is 17.7 Å². The Morgan fingerprint density at radius 2 is 2.02 bits per heavy atom. The Morgan fingerprint density at radius 1 is 1.18 bits per heavy atom. The van der Waals surface area contributed by atoms with Gasteiger partial charge >= 0.3 is 0 Å². The molecule has 6 rings (SSSR count). The number of imidazole rings is 1. The summed E-state index contributed by atoms with van der Waals surface area (Å²) >= 11 is 0. The van der Waals surface area contributed by atoms with Crippen LogP contribution in [0.1, 0.15) is 76.6 Å². The van der Waals surface area contributed by atoms with Crippen molar-refractivity contribution in [3.63, 3.8) is 0 Å². The molecule has 2 N–H and O–H groups in total. The number of amides is 1. The molecular weight excluding hydrogens is 556 g/mol. The lowest BCUT2D eigenvalue weighted by molar-refractivity contribution is -0.124. The number of H-pyrrole nitrogens is 1. The van der Waals surface area contributed by atoms with Gasteiger partial charge in [-0.05, 0) is 75.9 Å². The first-order valence-corrected chi connectivity index (χ1v) is 15.8. The molecule has 2 aliphatic rings. The molecule has 4 aromatic rings. The average molecular weight is 599 g/mol. The third-order valence-corrected chi connectivity index (χ3v) is 9.52. The number of ether oxygens (including phenoxy) is 1. The maximum atomic E-state index is 13.5. The van der Waals surface area contributed by atoms with Crippen LogP contribution in [0.25, 0.3) is 33.6 Å². The molecule has 1 aliphatic carbocycles. The van der Waals surface area contributed by atoms with Crippen LogP contribution in [0.3, 0.4) is 0 Å². The quantitative estimate of drug-likeness (QED) is 0.177. The summed E-state index contributed by atoms with van der Waals surface area (Å²) in [5.74, 6) is 2.23. The number of Topliss-reactive ketones (excluding diaryl/α,β-unsaturated/α-hetero) is 1. The van der Waals surface area contributed by atoms with E-state index in [9.17, 15) is 9.59 Å². The molecule has 1 aromatic carbocycles. The summed E-state index contributed by atoms with van der Waals surface area (Å²) in [6.45, 7) is 4.01. The summed E-state index contributed by atoms with van der Waals surface area (Å²) in [6, 6.07) is 7.66. The summed E-state index contributed by atoms with van der Waals surface area (Å²) in [7, 11) is 3.76. The molecule has 1 spiro atoms. The number of likely N-dealkylation sites (tertiary alicyclic amines) is 1. The van der Waals surface area contributed by atoms with E-state index in [1.807, 2.05) is 31.2 Å². The minimum absolute atomic E-state index is 0.0707. The molecule has 2 fully saturated rings. The third kappa shape index (κ3) is 6.40. The molecule has 1 amide bonds. The van der Waals surface area contributed by atoms with Gasteiger partial charge in [-0.25, -0.2) is 15.0 Å². The summed E-state index contributed by atoms with van der Waals surface area (Å²) in [6.07, 6.45) is 12.7. The van der Waals surface area contributed by atoms with E-state index in [1.54, 1.807) is 25.8 Å². The molecule has 3 aromatic heterocycles. The number of oxazole rings is 1. The Labute approximate surface area is 258 Å². The fourth-order valence-electron chi connectivity index (χ4n) is 6.56. The van der Waals surface area contributed by atoms with E-state index >= 15 is 0 Å². The average Bonchev–Trinajstić information content (AvgIpc) is 3.39. The Balaban J connectivity index is 1.21. The van der Waals surface area contributed by atoms with Crippen LogP contribution in [0.5, 0.6) is 5.88 Å². The van der Waals surface area contributed by atoms with Gasteiger partial charge in [-0.15, -0.1) is 0 Å². The minimum Gasteiger partial charge on any atom is -0.480 e. The lowest BCUT2D eigenvalue weighted by Crippen LogP contribution is -2.36. The smallest absolute Gasteiger partial charge is 0.225 e. The van der Waals surface area contributed by atoms with Gasteiger partial charge in [-0.1, -0.05) is 25.8 Å². The van der Waals surface area contributed by atoms with Gasteiger partial charge in [0.1, 0.15) is 17.9 Å². The molecule has 10 nitrogen and oxygen atoms in total. The van der Waals surface area contributed by atoms with Crippen molar-refractivity contribution >= 4 is 22.6 Å². The number of carbonyl (C=O) groups excluding carboxylic acids is 2. The van der Waals surface area contributed by atoms with Gasteiger partial charge in [0.25, 0.3) is 0 Å². The maximum absolute atomic E-state index is 13.5. The van der Waals surface area contributed by atoms with Crippen LogP contribution in [0.4, 0.5) is 0 Å². The maximum Gasteiger partial charge on any atom is 0.225 e. The van der Waals surface area contributed by atoms with Gasteiger partial charge in [-0.3, -0.25) is 9.59 Å². The zero-order chi connectivity index (χ0) is 30.7. The first-order valence-electron chi connectivity index (χ1n) is 15.8. The number of benzene rings is 1. The van der Waals surface area contributed by atoms with Crippen LogP contribution >= 0.6 is 0 Å². The highest BCUT2D eigenvalue weighted by atomic mass is 16.5. The fourth-order valence-corrected chi connectivity index (χ4v) is 6.56. The van der Waals surface area contributed by atoms with Gasteiger partial charge in [-0.2, -0.15) is 0 Å². The van der Waals surface area contributed by atoms with Crippen molar-refractivity contribution < 1.29 is 18.7 Å². The highest BCUT2D eigenvalue weighted by Gasteiger charge is 2.58. The molecule has 1 aliphatic heterocycles. The number of rotatable bonds is 13. The largest absolute Gasteiger partial charge is 0.480 e. The summed E-state index contributed by atoms with van der Waals surface area (Å²) in [5, 5.41) is 4.30. The number of nitrogens with zero attached hydrogens (tertiary/aromatic N) is 4. The number of hydrogen-bond donors (Lipinski definition) is 2. The first kappa shape index (κ1) is 30.0. The van der Waals surface area contributed by atoms with Crippen LogP contribution in [0.15, 0.2) is 47.3 Å². The normalized spacial score (nSPS) is 18.4. The fraction of sp³-hybridized carbons (Fsp3) is 0.500. The third-order valence-electron chi connectivity index (χ3n) is 9.52. The number of pyridine rings is 1. The zero-order valence-electron chi connectivity index (χ0n) is 25.9. The number of hydrogen-bond acceptors (Lipinski definition) is 8. The topological polar surface area (TPSA) is 126 Å². The molecule has 1 unspecified atom stereocenters. The molecule has 0 bridgehead atoms. The van der Waals surface area contributed by atoms with Crippen LogP contribution in [-0.2, 0) is 9.59 Å². The van der Waals surface area contributed by atoms with E-state index < -0.39 is 0 Å². The molecule has 232 valence electrons. The van der Waals surface area contributed by atoms with Gasteiger partial charge < -0.3 is 24.4 Å². The van der Waals surface area contributed by atoms with E-state index in [0.717, 1.165) is 91.6 Å². The van der Waals surface area contributed by atoms with Gasteiger partial charge in [0.15, 0.2) is 0 Å². The summed E-state index contributed by atoms with van der Waals surface area (Å²) in [4.78, 5) is 44.9. The molecular formula is C34H42N6O4. The second-order valence-electron chi connectivity index (χ2n) is 12.4. The molecule has 1 saturated heterocycles. The van der Waals surface area contributed by atoms with Crippen LogP contribution in [0.2, 0.25) is 0 Å². The van der Waals surface area contributed by atoms with Crippen LogP contribution in [-0.4, -0.2) is 63.8 Å². The lowest BCUT2D eigenvalue weighted by atomic mass is 9.91. The van der Waals surface area contributed by atoms with Crippen LogP contribution in [0, 0.1) is 11.3 Å². The van der Waals surface area contributed by atoms with E-state index in [1.165, 1.54) is 0 Å². The number of unbranched alkanes of at least 4 members (excludes halogenated alkanes) is 2. The highest BCUT2D eigenvalue weighted by molar-refractivity contribution is 5.88. The Morgan fingerprint density at radius 3 is 2.77 bits per heavy atom. The second-order valence-corrected chi connectivity index (χ2v) is 12.4. The Hall–Kier alpha value is -4.05. The first-order chi connectivity index (χ1) is 21.4. The molecule has 1 saturated carbocycles.